The molecule has 0 spiro atoms. The van der Waals surface area contributed by atoms with Crippen molar-refractivity contribution in [3.63, 3.8) is 0 Å². The lowest BCUT2D eigenvalue weighted by Crippen LogP contribution is -2.03. The van der Waals surface area contributed by atoms with Crippen molar-refractivity contribution in [1.29, 1.82) is 0 Å². The van der Waals surface area contributed by atoms with Crippen molar-refractivity contribution >= 4 is 5.97 Å². The lowest BCUT2D eigenvalue weighted by molar-refractivity contribution is -0.139. The average Bonchev–Trinajstić information content (AvgIpc) is 2.53. The van der Waals surface area contributed by atoms with Crippen molar-refractivity contribution < 1.29 is 9.90 Å². The van der Waals surface area contributed by atoms with Gasteiger partial charge in [0.05, 0.1) is 5.92 Å². The highest BCUT2D eigenvalue weighted by atomic mass is 16.4. The molecule has 1 aliphatic rings. The molecule has 0 aromatic heterocycles. The Balaban J connectivity index is 2.61. The Labute approximate surface area is 79.6 Å². The Kier molecular flexibility index (Phi) is 2.51. The summed E-state index contributed by atoms with van der Waals surface area (Å²) in [5, 5.41) is 8.93. The molecule has 2 heteroatoms. The van der Waals surface area contributed by atoms with Gasteiger partial charge in [0, 0.05) is 0 Å². The van der Waals surface area contributed by atoms with Gasteiger partial charge >= 0.3 is 5.97 Å². The van der Waals surface area contributed by atoms with E-state index in [1.807, 2.05) is 20.8 Å². The van der Waals surface area contributed by atoms with Crippen LogP contribution in [-0.4, -0.2) is 11.1 Å². The molecular weight excluding hydrogens is 164 g/mol. The molecule has 2 unspecified atom stereocenters. The minimum atomic E-state index is -0.640. The van der Waals surface area contributed by atoms with E-state index in [1.165, 1.54) is 5.57 Å². The van der Waals surface area contributed by atoms with Crippen LogP contribution >= 0.6 is 0 Å². The number of carboxylic acid groups (broad SMARTS) is 1. The van der Waals surface area contributed by atoms with Crippen LogP contribution in [0.15, 0.2) is 11.6 Å². The minimum Gasteiger partial charge on any atom is -0.481 e. The van der Waals surface area contributed by atoms with E-state index in [0.717, 1.165) is 6.42 Å². The van der Waals surface area contributed by atoms with Gasteiger partial charge in [-0.05, 0) is 31.6 Å². The van der Waals surface area contributed by atoms with Gasteiger partial charge in [0.2, 0.25) is 0 Å². The van der Waals surface area contributed by atoms with E-state index in [1.54, 1.807) is 0 Å². The van der Waals surface area contributed by atoms with Gasteiger partial charge in [-0.15, -0.1) is 0 Å². The molecule has 0 bridgehead atoms. The first-order valence-electron chi connectivity index (χ1n) is 4.75. The third-order valence-corrected chi connectivity index (χ3v) is 3.35. The van der Waals surface area contributed by atoms with E-state index in [4.69, 9.17) is 5.11 Å². The maximum Gasteiger partial charge on any atom is 0.307 e. The van der Waals surface area contributed by atoms with Crippen molar-refractivity contribution in [3.8, 4) is 0 Å². The summed E-state index contributed by atoms with van der Waals surface area (Å²) >= 11 is 0. The molecule has 2 nitrogen and oxygen atoms in total. The molecule has 0 aromatic rings. The Morgan fingerprint density at radius 3 is 2.38 bits per heavy atom. The van der Waals surface area contributed by atoms with Crippen molar-refractivity contribution in [1.82, 2.24) is 0 Å². The molecule has 1 fully saturated rings. The highest BCUT2D eigenvalue weighted by molar-refractivity contribution is 5.75. The zero-order valence-corrected chi connectivity index (χ0v) is 8.79. The predicted molar refractivity (Wildman–Crippen MR) is 52.4 cm³/mol. The third kappa shape index (κ3) is 1.77. The zero-order valence-electron chi connectivity index (χ0n) is 8.79. The second kappa shape index (κ2) is 3.17. The van der Waals surface area contributed by atoms with E-state index in [2.05, 4.69) is 13.0 Å². The second-order valence-corrected chi connectivity index (χ2v) is 4.58. The van der Waals surface area contributed by atoms with E-state index >= 15 is 0 Å². The monoisotopic (exact) mass is 182 g/mol. The van der Waals surface area contributed by atoms with Gasteiger partial charge in [0.15, 0.2) is 0 Å². The molecule has 74 valence electrons. The average molecular weight is 182 g/mol. The van der Waals surface area contributed by atoms with E-state index in [-0.39, 0.29) is 11.3 Å². The number of allylic oxidation sites excluding steroid dienone is 2. The smallest absolute Gasteiger partial charge is 0.307 e. The summed E-state index contributed by atoms with van der Waals surface area (Å²) in [4.78, 5) is 10.8. The standard InChI is InChI=1S/C11H18O2/c1-5-7(2)6-8-9(10(12)13)11(8,3)4/h5,8-9H,6H2,1-4H3,(H,12,13). The Morgan fingerprint density at radius 1 is 1.54 bits per heavy atom. The second-order valence-electron chi connectivity index (χ2n) is 4.58. The first-order valence-corrected chi connectivity index (χ1v) is 4.75. The molecule has 1 rings (SSSR count). The van der Waals surface area contributed by atoms with Crippen molar-refractivity contribution in [3.05, 3.63) is 11.6 Å². The predicted octanol–water partition coefficient (Wildman–Crippen LogP) is 2.70. The molecule has 0 amide bonds. The van der Waals surface area contributed by atoms with Gasteiger partial charge in [-0.2, -0.15) is 0 Å². The SMILES string of the molecule is CC=C(C)CC1C(C(=O)O)C1(C)C. The lowest BCUT2D eigenvalue weighted by atomic mass is 10.0. The molecule has 1 saturated carbocycles. The molecule has 1 aliphatic carbocycles. The van der Waals surface area contributed by atoms with E-state index in [0.29, 0.717) is 5.92 Å². The van der Waals surface area contributed by atoms with Crippen LogP contribution in [0.1, 0.15) is 34.1 Å². The van der Waals surface area contributed by atoms with Crippen LogP contribution in [0.4, 0.5) is 0 Å². The Bertz CT molecular complexity index is 251. The van der Waals surface area contributed by atoms with Gasteiger partial charge in [-0.25, -0.2) is 0 Å². The van der Waals surface area contributed by atoms with Gasteiger partial charge < -0.3 is 5.11 Å². The fraction of sp³-hybridized carbons (Fsp3) is 0.727. The van der Waals surface area contributed by atoms with Crippen molar-refractivity contribution in [2.45, 2.75) is 34.1 Å². The summed E-state index contributed by atoms with van der Waals surface area (Å²) in [5.41, 5.74) is 1.29. The van der Waals surface area contributed by atoms with E-state index < -0.39 is 5.97 Å². The summed E-state index contributed by atoms with van der Waals surface area (Å²) in [5.74, 6) is -0.442. The molecule has 1 N–H and O–H groups in total. The zero-order chi connectivity index (χ0) is 10.2. The quantitative estimate of drug-likeness (QED) is 0.681. The number of carbonyl (C=O) groups is 1. The largest absolute Gasteiger partial charge is 0.481 e. The summed E-state index contributed by atoms with van der Waals surface area (Å²) in [6.45, 7) is 8.15. The van der Waals surface area contributed by atoms with Gasteiger partial charge in [-0.3, -0.25) is 4.79 Å². The van der Waals surface area contributed by atoms with Crippen LogP contribution < -0.4 is 0 Å². The first kappa shape index (κ1) is 10.3. The molecule has 0 aromatic carbocycles. The highest BCUT2D eigenvalue weighted by Gasteiger charge is 2.61. The maximum atomic E-state index is 10.8. The van der Waals surface area contributed by atoms with Crippen LogP contribution in [0.2, 0.25) is 0 Å². The topological polar surface area (TPSA) is 37.3 Å². The van der Waals surface area contributed by atoms with Gasteiger partial charge in [-0.1, -0.05) is 25.5 Å². The number of rotatable bonds is 3. The highest BCUT2D eigenvalue weighted by Crippen LogP contribution is 2.60. The number of hydrogen-bond acceptors (Lipinski definition) is 1. The molecule has 0 heterocycles. The number of aliphatic carboxylic acids is 1. The lowest BCUT2D eigenvalue weighted by Gasteiger charge is -2.01. The summed E-state index contributed by atoms with van der Waals surface area (Å²) < 4.78 is 0. The normalized spacial score (nSPS) is 31.5. The minimum absolute atomic E-state index is 0.00387. The summed E-state index contributed by atoms with van der Waals surface area (Å²) in [6.07, 6.45) is 2.99. The molecule has 0 aliphatic heterocycles. The Morgan fingerprint density at radius 2 is 2.08 bits per heavy atom. The van der Waals surface area contributed by atoms with Crippen molar-refractivity contribution in [2.75, 3.05) is 0 Å². The molecular formula is C11H18O2. The number of carboxylic acids is 1. The summed E-state index contributed by atoms with van der Waals surface area (Å²) in [6, 6.07) is 0. The van der Waals surface area contributed by atoms with E-state index in [9.17, 15) is 4.79 Å². The molecule has 0 saturated heterocycles. The van der Waals surface area contributed by atoms with Crippen LogP contribution in [0, 0.1) is 17.3 Å². The van der Waals surface area contributed by atoms with Crippen LogP contribution in [0.5, 0.6) is 0 Å². The summed E-state index contributed by atoms with van der Waals surface area (Å²) in [7, 11) is 0. The van der Waals surface area contributed by atoms with Gasteiger partial charge in [0.1, 0.15) is 0 Å². The fourth-order valence-corrected chi connectivity index (χ4v) is 2.08. The molecule has 2 atom stereocenters. The first-order chi connectivity index (χ1) is 5.91. The third-order valence-electron chi connectivity index (χ3n) is 3.35. The maximum absolute atomic E-state index is 10.8. The molecule has 0 radical (unpaired) electrons. The molecule has 13 heavy (non-hydrogen) atoms. The Hall–Kier alpha value is -0.790. The van der Waals surface area contributed by atoms with Crippen LogP contribution in [-0.2, 0) is 4.79 Å². The van der Waals surface area contributed by atoms with Gasteiger partial charge in [0.25, 0.3) is 0 Å². The van der Waals surface area contributed by atoms with Crippen molar-refractivity contribution in [2.24, 2.45) is 17.3 Å². The van der Waals surface area contributed by atoms with Crippen LogP contribution in [0.3, 0.4) is 0 Å². The van der Waals surface area contributed by atoms with Crippen LogP contribution in [0.25, 0.3) is 0 Å². The fourth-order valence-electron chi connectivity index (χ4n) is 2.08. The number of hydrogen-bond donors (Lipinski definition) is 1.